The number of nitrogens with one attached hydrogen (secondary N) is 2. The SMILES string of the molecule is C=CCCCCc1ccc(/C=C2\N=C(c3ccc[nH]3)C=C2OC)[nH]1. The van der Waals surface area contributed by atoms with Gasteiger partial charge in [-0.3, -0.25) is 0 Å². The molecule has 24 heavy (non-hydrogen) atoms. The first-order valence-electron chi connectivity index (χ1n) is 8.29. The summed E-state index contributed by atoms with van der Waals surface area (Å²) in [6, 6.07) is 8.19. The summed E-state index contributed by atoms with van der Waals surface area (Å²) in [6.45, 7) is 3.76. The lowest BCUT2D eigenvalue weighted by Crippen LogP contribution is -1.93. The molecule has 2 aromatic heterocycles. The van der Waals surface area contributed by atoms with Crippen molar-refractivity contribution in [1.29, 1.82) is 0 Å². The highest BCUT2D eigenvalue weighted by molar-refractivity contribution is 6.11. The van der Waals surface area contributed by atoms with Crippen molar-refractivity contribution in [3.05, 3.63) is 77.7 Å². The molecule has 0 amide bonds. The van der Waals surface area contributed by atoms with Gasteiger partial charge in [-0.1, -0.05) is 6.08 Å². The van der Waals surface area contributed by atoms with E-state index in [1.165, 1.54) is 18.5 Å². The lowest BCUT2D eigenvalue weighted by molar-refractivity contribution is 0.303. The molecule has 4 heteroatoms. The van der Waals surface area contributed by atoms with E-state index < -0.39 is 0 Å². The monoisotopic (exact) mass is 321 g/mol. The number of H-pyrrole nitrogens is 2. The van der Waals surface area contributed by atoms with E-state index >= 15 is 0 Å². The first-order chi connectivity index (χ1) is 11.8. The fourth-order valence-corrected chi connectivity index (χ4v) is 2.75. The Kier molecular flexibility index (Phi) is 5.16. The highest BCUT2D eigenvalue weighted by Crippen LogP contribution is 2.24. The second kappa shape index (κ2) is 7.68. The van der Waals surface area contributed by atoms with Crippen LogP contribution in [-0.2, 0) is 11.2 Å². The molecule has 3 heterocycles. The van der Waals surface area contributed by atoms with Crippen molar-refractivity contribution < 1.29 is 4.74 Å². The summed E-state index contributed by atoms with van der Waals surface area (Å²) in [4.78, 5) is 11.3. The molecule has 2 N–H and O–H groups in total. The number of ether oxygens (including phenoxy) is 1. The summed E-state index contributed by atoms with van der Waals surface area (Å²) in [6.07, 6.45) is 12.3. The molecule has 0 saturated heterocycles. The van der Waals surface area contributed by atoms with Crippen molar-refractivity contribution in [2.75, 3.05) is 7.11 Å². The third-order valence-corrected chi connectivity index (χ3v) is 4.02. The smallest absolute Gasteiger partial charge is 0.146 e. The van der Waals surface area contributed by atoms with Crippen molar-refractivity contribution in [1.82, 2.24) is 9.97 Å². The molecule has 0 aliphatic carbocycles. The Hall–Kier alpha value is -2.75. The Labute approximate surface area is 142 Å². The fraction of sp³-hybridized carbons (Fsp3) is 0.250. The van der Waals surface area contributed by atoms with Crippen LogP contribution in [0.25, 0.3) is 6.08 Å². The molecule has 0 saturated carbocycles. The number of hydrogen-bond donors (Lipinski definition) is 2. The zero-order valence-corrected chi connectivity index (χ0v) is 14.0. The van der Waals surface area contributed by atoms with Crippen LogP contribution in [0.1, 0.15) is 36.3 Å². The number of hydrogen-bond acceptors (Lipinski definition) is 2. The average Bonchev–Trinajstić information content (AvgIpc) is 3.32. The summed E-state index contributed by atoms with van der Waals surface area (Å²) >= 11 is 0. The minimum Gasteiger partial charge on any atom is -0.494 e. The van der Waals surface area contributed by atoms with Crippen LogP contribution in [-0.4, -0.2) is 22.8 Å². The normalized spacial score (nSPS) is 15.5. The van der Waals surface area contributed by atoms with E-state index in [1.807, 2.05) is 36.6 Å². The molecular formula is C20H23N3O. The quantitative estimate of drug-likeness (QED) is 0.541. The molecule has 0 spiro atoms. The van der Waals surface area contributed by atoms with E-state index in [9.17, 15) is 0 Å². The first kappa shape index (κ1) is 16.1. The van der Waals surface area contributed by atoms with Crippen LogP contribution in [0.3, 0.4) is 0 Å². The number of rotatable bonds is 8. The van der Waals surface area contributed by atoms with Gasteiger partial charge in [0.2, 0.25) is 0 Å². The summed E-state index contributed by atoms with van der Waals surface area (Å²) < 4.78 is 5.46. The van der Waals surface area contributed by atoms with Gasteiger partial charge in [-0.25, -0.2) is 4.99 Å². The van der Waals surface area contributed by atoms with E-state index in [0.717, 1.165) is 41.4 Å². The van der Waals surface area contributed by atoms with Gasteiger partial charge in [-0.15, -0.1) is 6.58 Å². The third-order valence-electron chi connectivity index (χ3n) is 4.02. The predicted octanol–water partition coefficient (Wildman–Crippen LogP) is 4.62. The van der Waals surface area contributed by atoms with Gasteiger partial charge < -0.3 is 14.7 Å². The maximum atomic E-state index is 5.46. The molecule has 3 rings (SSSR count). The summed E-state index contributed by atoms with van der Waals surface area (Å²) in [7, 11) is 1.67. The Bertz CT molecular complexity index is 776. The lowest BCUT2D eigenvalue weighted by atomic mass is 10.1. The van der Waals surface area contributed by atoms with Gasteiger partial charge in [0, 0.05) is 23.7 Å². The molecule has 0 unspecified atom stereocenters. The Balaban J connectivity index is 1.72. The largest absolute Gasteiger partial charge is 0.494 e. The minimum atomic E-state index is 0.779. The van der Waals surface area contributed by atoms with Crippen LogP contribution in [0.4, 0.5) is 0 Å². The molecule has 2 aromatic rings. The molecule has 0 fully saturated rings. The van der Waals surface area contributed by atoms with Crippen molar-refractivity contribution in [3.63, 3.8) is 0 Å². The van der Waals surface area contributed by atoms with E-state index in [0.29, 0.717) is 0 Å². The van der Waals surface area contributed by atoms with Crippen molar-refractivity contribution in [3.8, 4) is 0 Å². The topological polar surface area (TPSA) is 53.2 Å². The average molecular weight is 321 g/mol. The van der Waals surface area contributed by atoms with Gasteiger partial charge in [-0.2, -0.15) is 0 Å². The molecule has 0 aromatic carbocycles. The summed E-state index contributed by atoms with van der Waals surface area (Å²) in [5, 5.41) is 0. The van der Waals surface area contributed by atoms with Crippen molar-refractivity contribution >= 4 is 11.8 Å². The summed E-state index contributed by atoms with van der Waals surface area (Å²) in [5.41, 5.74) is 5.01. The molecule has 0 radical (unpaired) electrons. The number of nitrogens with zero attached hydrogens (tertiary/aromatic N) is 1. The van der Waals surface area contributed by atoms with Gasteiger partial charge >= 0.3 is 0 Å². The van der Waals surface area contributed by atoms with E-state index in [-0.39, 0.29) is 0 Å². The number of methoxy groups -OCH3 is 1. The van der Waals surface area contributed by atoms with Gasteiger partial charge in [-0.05, 0) is 56.0 Å². The fourth-order valence-electron chi connectivity index (χ4n) is 2.75. The molecular weight excluding hydrogens is 298 g/mol. The number of allylic oxidation sites excluding steroid dienone is 2. The second-order valence-corrected chi connectivity index (χ2v) is 5.80. The standard InChI is InChI=1S/C20H23N3O/c1-3-4-5-6-8-15-10-11-16(22-15)13-19-20(24-2)14-18(23-19)17-9-7-12-21-17/h3,7,9-14,21-22H,1,4-6,8H2,2H3/b19-13-. The lowest BCUT2D eigenvalue weighted by Gasteiger charge is -2.01. The van der Waals surface area contributed by atoms with Gasteiger partial charge in [0.25, 0.3) is 0 Å². The number of unbranched alkanes of at least 4 members (excludes halogenated alkanes) is 2. The Morgan fingerprint density at radius 3 is 2.92 bits per heavy atom. The third kappa shape index (κ3) is 3.77. The number of aliphatic imine (C=N–C) groups is 1. The molecule has 1 aliphatic rings. The Morgan fingerprint density at radius 1 is 1.25 bits per heavy atom. The molecule has 124 valence electrons. The predicted molar refractivity (Wildman–Crippen MR) is 98.9 cm³/mol. The highest BCUT2D eigenvalue weighted by Gasteiger charge is 2.17. The van der Waals surface area contributed by atoms with Crippen LogP contribution in [0.2, 0.25) is 0 Å². The van der Waals surface area contributed by atoms with E-state index in [2.05, 4.69) is 33.7 Å². The van der Waals surface area contributed by atoms with E-state index in [1.54, 1.807) is 7.11 Å². The maximum Gasteiger partial charge on any atom is 0.146 e. The highest BCUT2D eigenvalue weighted by atomic mass is 16.5. The van der Waals surface area contributed by atoms with Gasteiger partial charge in [0.05, 0.1) is 18.5 Å². The summed E-state index contributed by atoms with van der Waals surface area (Å²) in [5.74, 6) is 0.779. The zero-order chi connectivity index (χ0) is 16.8. The zero-order valence-electron chi connectivity index (χ0n) is 14.0. The van der Waals surface area contributed by atoms with E-state index in [4.69, 9.17) is 4.74 Å². The number of aromatic nitrogens is 2. The van der Waals surface area contributed by atoms with Gasteiger partial charge in [0.1, 0.15) is 11.5 Å². The van der Waals surface area contributed by atoms with Crippen molar-refractivity contribution in [2.45, 2.75) is 25.7 Å². The van der Waals surface area contributed by atoms with Crippen LogP contribution in [0.5, 0.6) is 0 Å². The molecule has 4 nitrogen and oxygen atoms in total. The van der Waals surface area contributed by atoms with Gasteiger partial charge in [0.15, 0.2) is 0 Å². The second-order valence-electron chi connectivity index (χ2n) is 5.80. The minimum absolute atomic E-state index is 0.779. The van der Waals surface area contributed by atoms with Crippen LogP contribution in [0, 0.1) is 0 Å². The molecule has 0 bridgehead atoms. The van der Waals surface area contributed by atoms with Crippen LogP contribution in [0.15, 0.2) is 65.6 Å². The molecule has 1 aliphatic heterocycles. The van der Waals surface area contributed by atoms with Crippen LogP contribution < -0.4 is 0 Å². The first-order valence-corrected chi connectivity index (χ1v) is 8.29. The molecule has 0 atom stereocenters. The van der Waals surface area contributed by atoms with Crippen molar-refractivity contribution in [2.24, 2.45) is 4.99 Å². The maximum absolute atomic E-state index is 5.46. The number of aromatic amines is 2. The Morgan fingerprint density at radius 2 is 2.17 bits per heavy atom. The van der Waals surface area contributed by atoms with Crippen LogP contribution >= 0.6 is 0 Å². The number of aryl methyl sites for hydroxylation is 1.